The Morgan fingerprint density at radius 1 is 0.656 bits per heavy atom. The smallest absolute Gasteiger partial charge is 0.320 e. The highest BCUT2D eigenvalue weighted by Gasteiger charge is 2.09. The van der Waals surface area contributed by atoms with Crippen molar-refractivity contribution in [2.45, 2.75) is 148 Å². The van der Waals surface area contributed by atoms with E-state index < -0.39 is 18.0 Å². The maximum Gasteiger partial charge on any atom is 0.320 e. The molecular formula is C27H53NO4. The number of unbranched alkanes of at least 4 members (excludes halogenated alkanes) is 15. The zero-order chi connectivity index (χ0) is 24.3. The fourth-order valence-corrected chi connectivity index (χ4v) is 3.44. The molecule has 0 saturated heterocycles. The van der Waals surface area contributed by atoms with Gasteiger partial charge in [0.25, 0.3) is 0 Å². The fraction of sp³-hybridized carbons (Fsp3) is 0.852. The second kappa shape index (κ2) is 27.7. The third kappa shape index (κ3) is 30.8. The Morgan fingerprint density at radius 3 is 1.50 bits per heavy atom. The lowest BCUT2D eigenvalue weighted by atomic mass is 10.1. The van der Waals surface area contributed by atoms with E-state index in [1.165, 1.54) is 89.9 Å². The quantitative estimate of drug-likeness (QED) is 0.114. The largest absolute Gasteiger partial charge is 0.481 e. The van der Waals surface area contributed by atoms with Crippen LogP contribution in [0.15, 0.2) is 12.2 Å². The van der Waals surface area contributed by atoms with Crippen LogP contribution in [0, 0.1) is 0 Å². The van der Waals surface area contributed by atoms with E-state index in [2.05, 4.69) is 26.0 Å². The standard InChI is InChI=1S/C18H34O2.C9H19NO2/c1-2-3-4-5-6-7-8-9-10-11-12-13-14-15-16-17-18(19)20;1-2-3-4-5-6-7-8(10)9(11)12/h9-10H,2-8,11-17H2,1H3,(H,19,20);8H,2-7,10H2,1H3,(H,11,12)/b10-9-;. The number of hydrogen-bond donors (Lipinski definition) is 3. The number of carboxylic acids is 2. The molecule has 0 saturated carbocycles. The van der Waals surface area contributed by atoms with Crippen LogP contribution in [0.4, 0.5) is 0 Å². The van der Waals surface area contributed by atoms with Crippen LogP contribution in [-0.4, -0.2) is 28.2 Å². The van der Waals surface area contributed by atoms with Gasteiger partial charge in [0.15, 0.2) is 0 Å². The Morgan fingerprint density at radius 2 is 1.06 bits per heavy atom. The van der Waals surface area contributed by atoms with Crippen molar-refractivity contribution in [2.75, 3.05) is 0 Å². The molecule has 0 aliphatic rings. The van der Waals surface area contributed by atoms with E-state index in [0.29, 0.717) is 12.8 Å². The summed E-state index contributed by atoms with van der Waals surface area (Å²) >= 11 is 0. The van der Waals surface area contributed by atoms with Gasteiger partial charge in [-0.2, -0.15) is 0 Å². The van der Waals surface area contributed by atoms with Gasteiger partial charge >= 0.3 is 11.9 Å². The first-order chi connectivity index (χ1) is 15.5. The summed E-state index contributed by atoms with van der Waals surface area (Å²) < 4.78 is 0. The maximum atomic E-state index is 10.3. The van der Waals surface area contributed by atoms with Crippen LogP contribution in [-0.2, 0) is 9.59 Å². The second-order valence-electron chi connectivity index (χ2n) is 8.88. The van der Waals surface area contributed by atoms with Crippen molar-refractivity contribution in [2.24, 2.45) is 5.73 Å². The van der Waals surface area contributed by atoms with Crippen LogP contribution in [0.1, 0.15) is 142 Å². The molecule has 190 valence electrons. The van der Waals surface area contributed by atoms with Gasteiger partial charge in [0.2, 0.25) is 0 Å². The van der Waals surface area contributed by atoms with Gasteiger partial charge in [0.05, 0.1) is 0 Å². The highest BCUT2D eigenvalue weighted by molar-refractivity contribution is 5.72. The van der Waals surface area contributed by atoms with Crippen molar-refractivity contribution in [3.05, 3.63) is 12.2 Å². The Balaban J connectivity index is 0. The van der Waals surface area contributed by atoms with E-state index in [1.54, 1.807) is 0 Å². The maximum absolute atomic E-state index is 10.3. The Bertz CT molecular complexity index is 437. The lowest BCUT2D eigenvalue weighted by Crippen LogP contribution is -2.29. The molecule has 0 bridgehead atoms. The molecule has 0 spiro atoms. The number of aliphatic carboxylic acids is 2. The molecule has 0 radical (unpaired) electrons. The van der Waals surface area contributed by atoms with Crippen molar-refractivity contribution in [3.63, 3.8) is 0 Å². The molecule has 5 heteroatoms. The molecule has 0 fully saturated rings. The first-order valence-corrected chi connectivity index (χ1v) is 13.3. The first kappa shape index (κ1) is 32.8. The van der Waals surface area contributed by atoms with Crippen LogP contribution >= 0.6 is 0 Å². The summed E-state index contributed by atoms with van der Waals surface area (Å²) in [6.07, 6.45) is 27.5. The number of allylic oxidation sites excluding steroid dienone is 2. The van der Waals surface area contributed by atoms with E-state index >= 15 is 0 Å². The predicted octanol–water partition coefficient (Wildman–Crippen LogP) is 7.87. The van der Waals surface area contributed by atoms with Crippen LogP contribution in [0.5, 0.6) is 0 Å². The van der Waals surface area contributed by atoms with Gasteiger partial charge < -0.3 is 15.9 Å². The summed E-state index contributed by atoms with van der Waals surface area (Å²) in [5.74, 6) is -1.55. The summed E-state index contributed by atoms with van der Waals surface area (Å²) in [6.45, 7) is 4.41. The van der Waals surface area contributed by atoms with E-state index in [1.807, 2.05) is 0 Å². The van der Waals surface area contributed by atoms with Crippen LogP contribution in [0.3, 0.4) is 0 Å². The zero-order valence-corrected chi connectivity index (χ0v) is 21.2. The van der Waals surface area contributed by atoms with Gasteiger partial charge in [0, 0.05) is 6.42 Å². The van der Waals surface area contributed by atoms with Crippen molar-refractivity contribution >= 4 is 11.9 Å². The minimum atomic E-state index is -0.884. The SMILES string of the molecule is CCCCCCCC(N)C(=O)O.CCCCCCCC/C=C\CCCCCCCC(=O)O. The topological polar surface area (TPSA) is 101 Å². The molecule has 0 aliphatic carbocycles. The van der Waals surface area contributed by atoms with Gasteiger partial charge in [-0.05, 0) is 38.5 Å². The molecule has 4 N–H and O–H groups in total. The second-order valence-corrected chi connectivity index (χ2v) is 8.88. The molecule has 0 aromatic heterocycles. The fourth-order valence-electron chi connectivity index (χ4n) is 3.44. The highest BCUT2D eigenvalue weighted by Crippen LogP contribution is 2.10. The normalized spacial score (nSPS) is 11.8. The van der Waals surface area contributed by atoms with Gasteiger partial charge in [-0.25, -0.2) is 0 Å². The van der Waals surface area contributed by atoms with Crippen molar-refractivity contribution in [3.8, 4) is 0 Å². The Labute approximate surface area is 198 Å². The predicted molar refractivity (Wildman–Crippen MR) is 136 cm³/mol. The molecule has 1 unspecified atom stereocenters. The average Bonchev–Trinajstić information content (AvgIpc) is 2.76. The van der Waals surface area contributed by atoms with Gasteiger partial charge in [-0.3, -0.25) is 9.59 Å². The van der Waals surface area contributed by atoms with Gasteiger partial charge in [-0.1, -0.05) is 109 Å². The van der Waals surface area contributed by atoms with Gasteiger partial charge in [-0.15, -0.1) is 0 Å². The molecule has 0 amide bonds. The summed E-state index contributed by atoms with van der Waals surface area (Å²) in [5.41, 5.74) is 5.33. The first-order valence-electron chi connectivity index (χ1n) is 13.3. The minimum absolute atomic E-state index is 0.332. The van der Waals surface area contributed by atoms with Crippen LogP contribution < -0.4 is 5.73 Å². The number of hydrogen-bond acceptors (Lipinski definition) is 3. The summed E-state index contributed by atoms with van der Waals surface area (Å²) in [6, 6.07) is -0.661. The third-order valence-corrected chi connectivity index (χ3v) is 5.59. The number of nitrogens with two attached hydrogens (primary N) is 1. The molecule has 0 heterocycles. The van der Waals surface area contributed by atoms with Crippen molar-refractivity contribution in [1.29, 1.82) is 0 Å². The van der Waals surface area contributed by atoms with Crippen LogP contribution in [0.2, 0.25) is 0 Å². The summed E-state index contributed by atoms with van der Waals surface area (Å²) in [5, 5.41) is 17.0. The number of rotatable bonds is 22. The Hall–Kier alpha value is -1.36. The molecule has 1 atom stereocenters. The Kier molecular flexibility index (Phi) is 28.4. The summed E-state index contributed by atoms with van der Waals surface area (Å²) in [7, 11) is 0. The highest BCUT2D eigenvalue weighted by atomic mass is 16.4. The van der Waals surface area contributed by atoms with Crippen molar-refractivity contribution < 1.29 is 19.8 Å². The minimum Gasteiger partial charge on any atom is -0.481 e. The van der Waals surface area contributed by atoms with Crippen LogP contribution in [0.25, 0.3) is 0 Å². The zero-order valence-electron chi connectivity index (χ0n) is 21.2. The van der Waals surface area contributed by atoms with E-state index in [0.717, 1.165) is 25.7 Å². The lowest BCUT2D eigenvalue weighted by molar-refractivity contribution is -0.139. The van der Waals surface area contributed by atoms with E-state index in [9.17, 15) is 9.59 Å². The van der Waals surface area contributed by atoms with E-state index in [-0.39, 0.29) is 0 Å². The molecule has 0 aliphatic heterocycles. The number of carboxylic acid groups (broad SMARTS) is 2. The third-order valence-electron chi connectivity index (χ3n) is 5.59. The average molecular weight is 456 g/mol. The molecule has 0 aromatic carbocycles. The molecule has 0 rings (SSSR count). The molecule has 32 heavy (non-hydrogen) atoms. The summed E-state index contributed by atoms with van der Waals surface area (Å²) in [4.78, 5) is 20.6. The molecule has 5 nitrogen and oxygen atoms in total. The number of carbonyl (C=O) groups is 2. The lowest BCUT2D eigenvalue weighted by Gasteiger charge is -2.04. The molecular weight excluding hydrogens is 402 g/mol. The van der Waals surface area contributed by atoms with Gasteiger partial charge in [0.1, 0.15) is 6.04 Å². The van der Waals surface area contributed by atoms with Crippen molar-refractivity contribution in [1.82, 2.24) is 0 Å². The monoisotopic (exact) mass is 455 g/mol. The molecule has 0 aromatic rings. The van der Waals surface area contributed by atoms with E-state index in [4.69, 9.17) is 15.9 Å².